The molecule has 0 aliphatic carbocycles. The summed E-state index contributed by atoms with van der Waals surface area (Å²) < 4.78 is 0. The van der Waals surface area contributed by atoms with Crippen LogP contribution in [0.25, 0.3) is 10.6 Å². The number of nitrogens with zero attached hydrogens (tertiary/aromatic N) is 1. The van der Waals surface area contributed by atoms with Gasteiger partial charge < -0.3 is 5.73 Å². The Morgan fingerprint density at radius 3 is 2.67 bits per heavy atom. The molecule has 2 rings (SSSR count). The average Bonchev–Trinajstić information content (AvgIpc) is 2.74. The molecule has 2 aromatic heterocycles. The summed E-state index contributed by atoms with van der Waals surface area (Å²) in [5.74, 6) is -0.156. The maximum absolute atomic E-state index is 11.6. The number of carbonyl (C=O) groups excluding carboxylic acids is 1. The summed E-state index contributed by atoms with van der Waals surface area (Å²) in [6, 6.07) is 3.55. The zero-order valence-corrected chi connectivity index (χ0v) is 11.7. The summed E-state index contributed by atoms with van der Waals surface area (Å²) in [6.45, 7) is 4.07. The van der Waals surface area contributed by atoms with Crippen LogP contribution in [0.3, 0.4) is 0 Å². The van der Waals surface area contributed by atoms with Crippen molar-refractivity contribution in [3.05, 3.63) is 39.9 Å². The third-order valence-corrected chi connectivity index (χ3v) is 3.89. The van der Waals surface area contributed by atoms with E-state index in [0.717, 1.165) is 16.1 Å². The quantitative estimate of drug-likeness (QED) is 0.932. The van der Waals surface area contributed by atoms with Crippen LogP contribution in [0.4, 0.5) is 0 Å². The smallest absolute Gasteiger partial charge is 0.250 e. The van der Waals surface area contributed by atoms with E-state index in [9.17, 15) is 4.79 Å². The highest BCUT2D eigenvalue weighted by molar-refractivity contribution is 7.14. The van der Waals surface area contributed by atoms with Crippen LogP contribution in [-0.2, 0) is 0 Å². The Kier molecular flexibility index (Phi) is 3.68. The van der Waals surface area contributed by atoms with Crippen LogP contribution >= 0.6 is 22.9 Å². The van der Waals surface area contributed by atoms with Crippen molar-refractivity contribution in [2.45, 2.75) is 19.8 Å². The summed E-state index contributed by atoms with van der Waals surface area (Å²) in [5.41, 5.74) is 7.75. The fourth-order valence-electron chi connectivity index (χ4n) is 1.75. The number of rotatable bonds is 3. The van der Waals surface area contributed by atoms with E-state index in [1.807, 2.05) is 19.2 Å². The van der Waals surface area contributed by atoms with E-state index in [0.29, 0.717) is 10.6 Å². The highest BCUT2D eigenvalue weighted by Gasteiger charge is 2.20. The van der Waals surface area contributed by atoms with Crippen molar-refractivity contribution in [1.29, 1.82) is 0 Å². The third-order valence-electron chi connectivity index (χ3n) is 2.65. The number of nitrogens with two attached hydrogens (primary N) is 1. The number of amides is 1. The lowest BCUT2D eigenvalue weighted by atomic mass is 9.99. The molecule has 0 bridgehead atoms. The number of hydrogen-bond acceptors (Lipinski definition) is 3. The van der Waals surface area contributed by atoms with E-state index in [1.54, 1.807) is 18.3 Å². The molecule has 0 saturated heterocycles. The average molecular weight is 281 g/mol. The van der Waals surface area contributed by atoms with Crippen molar-refractivity contribution in [1.82, 2.24) is 4.98 Å². The predicted octanol–water partition coefficient (Wildman–Crippen LogP) is 3.69. The van der Waals surface area contributed by atoms with Crippen LogP contribution in [0, 0.1) is 0 Å². The summed E-state index contributed by atoms with van der Waals surface area (Å²) in [5, 5.41) is 2.54. The van der Waals surface area contributed by atoms with Gasteiger partial charge in [0.25, 0.3) is 5.91 Å². The second-order valence-electron chi connectivity index (χ2n) is 4.28. The molecule has 0 radical (unpaired) electrons. The minimum atomic E-state index is -0.410. The van der Waals surface area contributed by atoms with E-state index in [1.165, 1.54) is 11.3 Å². The molecule has 3 nitrogen and oxygen atoms in total. The summed E-state index contributed by atoms with van der Waals surface area (Å²) in [7, 11) is 0. The SMILES string of the molecule is CC(C)c1csc(-c2ccc(Cl)cn2)c1C(N)=O. The number of hydrogen-bond donors (Lipinski definition) is 1. The topological polar surface area (TPSA) is 56.0 Å². The van der Waals surface area contributed by atoms with E-state index < -0.39 is 5.91 Å². The van der Waals surface area contributed by atoms with Crippen LogP contribution in [0.15, 0.2) is 23.7 Å². The van der Waals surface area contributed by atoms with Gasteiger partial charge in [-0.25, -0.2) is 0 Å². The number of primary amides is 1. The Balaban J connectivity index is 2.58. The minimum Gasteiger partial charge on any atom is -0.366 e. The van der Waals surface area contributed by atoms with Gasteiger partial charge in [0.2, 0.25) is 0 Å². The Morgan fingerprint density at radius 2 is 2.17 bits per heavy atom. The normalized spacial score (nSPS) is 10.9. The van der Waals surface area contributed by atoms with E-state index in [4.69, 9.17) is 17.3 Å². The molecule has 0 aliphatic rings. The molecule has 0 unspecified atom stereocenters. The minimum absolute atomic E-state index is 0.254. The molecule has 0 atom stereocenters. The van der Waals surface area contributed by atoms with Gasteiger partial charge in [-0.05, 0) is 29.0 Å². The zero-order chi connectivity index (χ0) is 13.3. The standard InChI is InChI=1S/C13H13ClN2OS/c1-7(2)9-6-18-12(11(9)13(15)17)10-4-3-8(14)5-16-10/h3-7H,1-2H3,(H2,15,17). The van der Waals surface area contributed by atoms with Crippen molar-refractivity contribution in [2.24, 2.45) is 5.73 Å². The van der Waals surface area contributed by atoms with Crippen molar-refractivity contribution < 1.29 is 4.79 Å². The first kappa shape index (κ1) is 13.1. The van der Waals surface area contributed by atoms with Gasteiger partial charge in [0.15, 0.2) is 0 Å². The number of carbonyl (C=O) groups is 1. The Hall–Kier alpha value is -1.39. The molecule has 5 heteroatoms. The lowest BCUT2D eigenvalue weighted by Gasteiger charge is -2.06. The van der Waals surface area contributed by atoms with Gasteiger partial charge in [-0.1, -0.05) is 25.4 Å². The fourth-order valence-corrected chi connectivity index (χ4v) is 3.07. The van der Waals surface area contributed by atoms with Gasteiger partial charge in [-0.2, -0.15) is 0 Å². The fraction of sp³-hybridized carbons (Fsp3) is 0.231. The molecule has 1 amide bonds. The van der Waals surface area contributed by atoms with Gasteiger partial charge in [0.05, 0.1) is 21.2 Å². The monoisotopic (exact) mass is 280 g/mol. The Bertz CT molecular complexity index is 575. The van der Waals surface area contributed by atoms with E-state index in [2.05, 4.69) is 4.98 Å². The molecule has 18 heavy (non-hydrogen) atoms. The molecule has 2 aromatic rings. The number of halogens is 1. The Morgan fingerprint density at radius 1 is 1.44 bits per heavy atom. The van der Waals surface area contributed by atoms with Crippen molar-refractivity contribution in [3.63, 3.8) is 0 Å². The first-order chi connectivity index (χ1) is 8.50. The van der Waals surface area contributed by atoms with E-state index in [-0.39, 0.29) is 5.92 Å². The highest BCUT2D eigenvalue weighted by atomic mass is 35.5. The lowest BCUT2D eigenvalue weighted by Crippen LogP contribution is -2.14. The summed E-state index contributed by atoms with van der Waals surface area (Å²) in [6.07, 6.45) is 1.57. The largest absolute Gasteiger partial charge is 0.366 e. The maximum atomic E-state index is 11.6. The molecular weight excluding hydrogens is 268 g/mol. The molecule has 2 N–H and O–H groups in total. The Labute approximate surface area is 115 Å². The van der Waals surface area contributed by atoms with Gasteiger partial charge in [0.1, 0.15) is 0 Å². The van der Waals surface area contributed by atoms with Crippen LogP contribution in [0.2, 0.25) is 5.02 Å². The molecule has 0 saturated carbocycles. The number of aromatic nitrogens is 1. The molecule has 0 fully saturated rings. The highest BCUT2D eigenvalue weighted by Crippen LogP contribution is 2.35. The summed E-state index contributed by atoms with van der Waals surface area (Å²) in [4.78, 5) is 16.7. The first-order valence-electron chi connectivity index (χ1n) is 5.53. The molecule has 0 aromatic carbocycles. The second kappa shape index (κ2) is 5.08. The van der Waals surface area contributed by atoms with Crippen LogP contribution in [0.1, 0.15) is 35.7 Å². The predicted molar refractivity (Wildman–Crippen MR) is 75.2 cm³/mol. The molecule has 0 aliphatic heterocycles. The zero-order valence-electron chi connectivity index (χ0n) is 10.1. The van der Waals surface area contributed by atoms with E-state index >= 15 is 0 Å². The molecule has 0 spiro atoms. The number of pyridine rings is 1. The van der Waals surface area contributed by atoms with Crippen molar-refractivity contribution in [3.8, 4) is 10.6 Å². The van der Waals surface area contributed by atoms with Crippen molar-refractivity contribution in [2.75, 3.05) is 0 Å². The van der Waals surface area contributed by atoms with Crippen molar-refractivity contribution >= 4 is 28.8 Å². The van der Waals surface area contributed by atoms with Crippen LogP contribution < -0.4 is 5.73 Å². The second-order valence-corrected chi connectivity index (χ2v) is 5.59. The number of thiophene rings is 1. The third kappa shape index (κ3) is 2.40. The molecular formula is C13H13ClN2OS. The maximum Gasteiger partial charge on any atom is 0.250 e. The summed E-state index contributed by atoms with van der Waals surface area (Å²) >= 11 is 7.29. The molecule has 2 heterocycles. The van der Waals surface area contributed by atoms with Gasteiger partial charge in [0, 0.05) is 6.20 Å². The molecule has 94 valence electrons. The van der Waals surface area contributed by atoms with Gasteiger partial charge in [-0.15, -0.1) is 11.3 Å². The lowest BCUT2D eigenvalue weighted by molar-refractivity contribution is 0.1000. The van der Waals surface area contributed by atoms with Gasteiger partial charge >= 0.3 is 0 Å². The van der Waals surface area contributed by atoms with Crippen LogP contribution in [-0.4, -0.2) is 10.9 Å². The van der Waals surface area contributed by atoms with Crippen LogP contribution in [0.5, 0.6) is 0 Å². The first-order valence-corrected chi connectivity index (χ1v) is 6.79. The van der Waals surface area contributed by atoms with Gasteiger partial charge in [-0.3, -0.25) is 9.78 Å².